The fraction of sp³-hybridized carbons (Fsp3) is 0.182. The summed E-state index contributed by atoms with van der Waals surface area (Å²) in [5.41, 5.74) is -0.0547. The van der Waals surface area contributed by atoms with Crippen LogP contribution in [0.25, 0.3) is 10.9 Å². The van der Waals surface area contributed by atoms with Gasteiger partial charge in [-0.3, -0.25) is 4.79 Å². The first-order valence-corrected chi connectivity index (χ1v) is 5.09. The van der Waals surface area contributed by atoms with Crippen LogP contribution in [0.3, 0.4) is 0 Å². The average molecular weight is 233 g/mol. The Hall–Kier alpha value is -2.37. The standard InChI is InChI=1S/C11H11N3O3/c1-2-17-11(16)9-13-8-6-4-3-5-7(8)10(15)14(9)12/h3-6H,2,12H2,1H3. The predicted octanol–water partition coefficient (Wildman–Crippen LogP) is 0.287. The molecule has 0 unspecified atom stereocenters. The number of esters is 1. The molecule has 0 aliphatic rings. The van der Waals surface area contributed by atoms with Crippen LogP contribution in [0.5, 0.6) is 0 Å². The molecule has 0 bridgehead atoms. The van der Waals surface area contributed by atoms with Gasteiger partial charge in [-0.2, -0.15) is 0 Å². The van der Waals surface area contributed by atoms with Crippen LogP contribution in [-0.4, -0.2) is 22.2 Å². The van der Waals surface area contributed by atoms with E-state index < -0.39 is 11.5 Å². The first-order valence-electron chi connectivity index (χ1n) is 5.09. The summed E-state index contributed by atoms with van der Waals surface area (Å²) in [4.78, 5) is 27.4. The second-order valence-corrected chi connectivity index (χ2v) is 3.35. The molecule has 2 rings (SSSR count). The summed E-state index contributed by atoms with van der Waals surface area (Å²) < 4.78 is 5.48. The Morgan fingerprint density at radius 3 is 2.88 bits per heavy atom. The molecule has 0 saturated heterocycles. The summed E-state index contributed by atoms with van der Waals surface area (Å²) >= 11 is 0. The van der Waals surface area contributed by atoms with Crippen molar-refractivity contribution in [2.45, 2.75) is 6.92 Å². The molecule has 0 saturated carbocycles. The normalized spacial score (nSPS) is 10.4. The van der Waals surface area contributed by atoms with Gasteiger partial charge in [-0.05, 0) is 19.1 Å². The Balaban J connectivity index is 2.70. The van der Waals surface area contributed by atoms with E-state index in [1.807, 2.05) is 0 Å². The average Bonchev–Trinajstić information content (AvgIpc) is 2.34. The third-order valence-electron chi connectivity index (χ3n) is 2.27. The zero-order valence-corrected chi connectivity index (χ0v) is 9.21. The van der Waals surface area contributed by atoms with Gasteiger partial charge in [0, 0.05) is 0 Å². The molecule has 1 heterocycles. The molecule has 0 amide bonds. The molecule has 17 heavy (non-hydrogen) atoms. The van der Waals surface area contributed by atoms with Gasteiger partial charge in [-0.25, -0.2) is 14.5 Å². The number of carbonyl (C=O) groups excluding carboxylic acids is 1. The molecule has 2 N–H and O–H groups in total. The van der Waals surface area contributed by atoms with Gasteiger partial charge < -0.3 is 10.6 Å². The summed E-state index contributed by atoms with van der Waals surface area (Å²) in [5, 5.41) is 0.364. The predicted molar refractivity (Wildman–Crippen MR) is 62.1 cm³/mol. The van der Waals surface area contributed by atoms with Gasteiger partial charge in [0.2, 0.25) is 5.82 Å². The Bertz CT molecular complexity index is 633. The summed E-state index contributed by atoms with van der Waals surface area (Å²) in [5.74, 6) is 4.61. The Labute approximate surface area is 96.6 Å². The summed E-state index contributed by atoms with van der Waals surface area (Å²) in [6.45, 7) is 1.86. The monoisotopic (exact) mass is 233 g/mol. The number of nitrogens with two attached hydrogens (primary N) is 1. The molecule has 0 spiro atoms. The highest BCUT2D eigenvalue weighted by atomic mass is 16.5. The summed E-state index contributed by atoms with van der Waals surface area (Å²) in [6, 6.07) is 6.67. The molecular formula is C11H11N3O3. The Morgan fingerprint density at radius 1 is 1.47 bits per heavy atom. The lowest BCUT2D eigenvalue weighted by molar-refractivity contribution is 0.0507. The van der Waals surface area contributed by atoms with E-state index in [-0.39, 0.29) is 12.4 Å². The molecule has 2 aromatic rings. The number of rotatable bonds is 2. The fourth-order valence-corrected chi connectivity index (χ4v) is 1.49. The van der Waals surface area contributed by atoms with E-state index in [4.69, 9.17) is 10.6 Å². The second-order valence-electron chi connectivity index (χ2n) is 3.35. The summed E-state index contributed by atoms with van der Waals surface area (Å²) in [6.07, 6.45) is 0. The van der Waals surface area contributed by atoms with E-state index >= 15 is 0 Å². The second kappa shape index (κ2) is 4.25. The highest BCUT2D eigenvalue weighted by molar-refractivity contribution is 5.88. The van der Waals surface area contributed by atoms with Crippen molar-refractivity contribution < 1.29 is 9.53 Å². The van der Waals surface area contributed by atoms with Gasteiger partial charge >= 0.3 is 5.97 Å². The minimum atomic E-state index is -0.710. The first kappa shape index (κ1) is 11.1. The number of hydrogen-bond donors (Lipinski definition) is 1. The Morgan fingerprint density at radius 2 is 2.18 bits per heavy atom. The number of carbonyl (C=O) groups is 1. The number of nitrogen functional groups attached to an aromatic ring is 1. The van der Waals surface area contributed by atoms with Crippen LogP contribution >= 0.6 is 0 Å². The smallest absolute Gasteiger partial charge is 0.376 e. The topological polar surface area (TPSA) is 87.2 Å². The maximum absolute atomic E-state index is 11.8. The van der Waals surface area contributed by atoms with Crippen molar-refractivity contribution in [1.29, 1.82) is 0 Å². The van der Waals surface area contributed by atoms with Crippen LogP contribution in [0, 0.1) is 0 Å². The zero-order chi connectivity index (χ0) is 12.4. The van der Waals surface area contributed by atoms with Gasteiger partial charge in [0.1, 0.15) is 0 Å². The molecule has 1 aromatic carbocycles. The van der Waals surface area contributed by atoms with Crippen LogP contribution in [0.1, 0.15) is 17.5 Å². The van der Waals surface area contributed by atoms with Crippen LogP contribution in [0.2, 0.25) is 0 Å². The van der Waals surface area contributed by atoms with Gasteiger partial charge in [0.05, 0.1) is 17.5 Å². The highest BCUT2D eigenvalue weighted by Crippen LogP contribution is 2.07. The van der Waals surface area contributed by atoms with Gasteiger partial charge in [-0.15, -0.1) is 0 Å². The maximum atomic E-state index is 11.8. The molecular weight excluding hydrogens is 222 g/mol. The van der Waals surface area contributed by atoms with Crippen molar-refractivity contribution in [3.05, 3.63) is 40.4 Å². The SMILES string of the molecule is CCOC(=O)c1nc2ccccc2c(=O)n1N. The molecule has 6 heteroatoms. The van der Waals surface area contributed by atoms with Crippen LogP contribution in [0.15, 0.2) is 29.1 Å². The molecule has 0 aliphatic heterocycles. The quantitative estimate of drug-likeness (QED) is 0.595. The van der Waals surface area contributed by atoms with E-state index in [0.717, 1.165) is 0 Å². The maximum Gasteiger partial charge on any atom is 0.376 e. The van der Waals surface area contributed by atoms with Gasteiger partial charge in [0.15, 0.2) is 0 Å². The van der Waals surface area contributed by atoms with Crippen LogP contribution in [-0.2, 0) is 4.74 Å². The molecule has 0 aliphatic carbocycles. The van der Waals surface area contributed by atoms with E-state index in [1.54, 1.807) is 31.2 Å². The molecule has 0 radical (unpaired) electrons. The molecule has 6 nitrogen and oxygen atoms in total. The molecule has 0 atom stereocenters. The number of fused-ring (bicyclic) bond motifs is 1. The fourth-order valence-electron chi connectivity index (χ4n) is 1.49. The molecule has 88 valence electrons. The zero-order valence-electron chi connectivity index (χ0n) is 9.21. The highest BCUT2D eigenvalue weighted by Gasteiger charge is 2.16. The van der Waals surface area contributed by atoms with E-state index in [1.165, 1.54) is 0 Å². The third kappa shape index (κ3) is 1.84. The summed E-state index contributed by atoms with van der Waals surface area (Å²) in [7, 11) is 0. The lowest BCUT2D eigenvalue weighted by Crippen LogP contribution is -2.34. The lowest BCUT2D eigenvalue weighted by atomic mass is 10.2. The van der Waals surface area contributed by atoms with Crippen molar-refractivity contribution in [3.63, 3.8) is 0 Å². The number of para-hydroxylation sites is 1. The molecule has 0 fully saturated rings. The van der Waals surface area contributed by atoms with Crippen molar-refractivity contribution in [1.82, 2.24) is 9.66 Å². The van der Waals surface area contributed by atoms with Crippen molar-refractivity contribution >= 4 is 16.9 Å². The lowest BCUT2D eigenvalue weighted by Gasteiger charge is -2.07. The van der Waals surface area contributed by atoms with Crippen LogP contribution < -0.4 is 11.4 Å². The van der Waals surface area contributed by atoms with Gasteiger partial charge in [0.25, 0.3) is 5.56 Å². The largest absolute Gasteiger partial charge is 0.460 e. The Kier molecular flexibility index (Phi) is 2.78. The minimum absolute atomic E-state index is 0.196. The number of nitrogens with zero attached hydrogens (tertiary/aromatic N) is 2. The van der Waals surface area contributed by atoms with Gasteiger partial charge in [-0.1, -0.05) is 12.1 Å². The van der Waals surface area contributed by atoms with Crippen molar-refractivity contribution in [3.8, 4) is 0 Å². The van der Waals surface area contributed by atoms with E-state index in [9.17, 15) is 9.59 Å². The van der Waals surface area contributed by atoms with Crippen LogP contribution in [0.4, 0.5) is 0 Å². The molecule has 1 aromatic heterocycles. The number of benzene rings is 1. The third-order valence-corrected chi connectivity index (χ3v) is 2.27. The minimum Gasteiger partial charge on any atom is -0.460 e. The number of hydrogen-bond acceptors (Lipinski definition) is 5. The van der Waals surface area contributed by atoms with E-state index in [0.29, 0.717) is 15.6 Å². The van der Waals surface area contributed by atoms with Crippen molar-refractivity contribution in [2.75, 3.05) is 12.4 Å². The van der Waals surface area contributed by atoms with Crippen molar-refractivity contribution in [2.24, 2.45) is 0 Å². The first-order chi connectivity index (χ1) is 8.15. The number of ether oxygens (including phenoxy) is 1. The van der Waals surface area contributed by atoms with E-state index in [2.05, 4.69) is 4.98 Å². The number of aromatic nitrogens is 2.